The predicted molar refractivity (Wildman–Crippen MR) is 130 cm³/mol. The van der Waals surface area contributed by atoms with Crippen LogP contribution in [0.3, 0.4) is 0 Å². The van der Waals surface area contributed by atoms with Crippen LogP contribution in [-0.2, 0) is 25.7 Å². The van der Waals surface area contributed by atoms with Gasteiger partial charge in [-0.25, -0.2) is 9.69 Å². The summed E-state index contributed by atoms with van der Waals surface area (Å²) in [5, 5.41) is 3.04. The van der Waals surface area contributed by atoms with Gasteiger partial charge in [-0.05, 0) is 36.8 Å². The number of amides is 5. The highest BCUT2D eigenvalue weighted by Gasteiger charge is 2.37. The Morgan fingerprint density at radius 3 is 2.60 bits per heavy atom. The average Bonchev–Trinajstić information content (AvgIpc) is 3.19. The van der Waals surface area contributed by atoms with Crippen molar-refractivity contribution in [1.82, 2.24) is 14.8 Å². The molecule has 0 unspecified atom stereocenters. The first-order chi connectivity index (χ1) is 16.9. The van der Waals surface area contributed by atoms with E-state index in [0.29, 0.717) is 37.6 Å². The summed E-state index contributed by atoms with van der Waals surface area (Å²) in [6.07, 6.45) is 3.23. The van der Waals surface area contributed by atoms with E-state index in [9.17, 15) is 19.2 Å². The molecule has 2 aliphatic heterocycles. The molecule has 1 aromatic heterocycles. The number of carbonyl (C=O) groups is 4. The zero-order chi connectivity index (χ0) is 24.5. The molecule has 9 nitrogen and oxygen atoms in total. The Labute approximate surface area is 201 Å². The van der Waals surface area contributed by atoms with E-state index < -0.39 is 17.8 Å². The Balaban J connectivity index is 1.51. The molecule has 178 valence electrons. The molecule has 0 spiro atoms. The van der Waals surface area contributed by atoms with Gasteiger partial charge in [0.25, 0.3) is 11.8 Å². The van der Waals surface area contributed by atoms with Crippen molar-refractivity contribution in [3.05, 3.63) is 71.4 Å². The van der Waals surface area contributed by atoms with E-state index in [-0.39, 0.29) is 18.0 Å². The van der Waals surface area contributed by atoms with Crippen molar-refractivity contribution >= 4 is 46.4 Å². The summed E-state index contributed by atoms with van der Waals surface area (Å²) in [6.45, 7) is 4.10. The van der Waals surface area contributed by atoms with E-state index in [1.165, 1.54) is 6.08 Å². The van der Waals surface area contributed by atoms with Gasteiger partial charge in [0.05, 0.1) is 18.9 Å². The Morgan fingerprint density at radius 1 is 1.06 bits per heavy atom. The monoisotopic (exact) mass is 472 g/mol. The first kappa shape index (κ1) is 22.5. The number of imide groups is 2. The van der Waals surface area contributed by atoms with Crippen molar-refractivity contribution in [3.8, 4) is 0 Å². The highest BCUT2D eigenvalue weighted by Crippen LogP contribution is 2.27. The lowest BCUT2D eigenvalue weighted by Crippen LogP contribution is -2.54. The van der Waals surface area contributed by atoms with Gasteiger partial charge in [-0.3, -0.25) is 19.7 Å². The zero-order valence-electron chi connectivity index (χ0n) is 19.2. The van der Waals surface area contributed by atoms with E-state index in [4.69, 9.17) is 4.74 Å². The van der Waals surface area contributed by atoms with Crippen LogP contribution >= 0.6 is 0 Å². The standard InChI is InChI=1S/C26H24N4O5/c1-17-5-4-6-19(13-17)30-25(33)21(24(32)27-26(30)34)14-18-15-29(22-8-3-2-7-20(18)22)16-23(31)28-9-11-35-12-10-28/h2-8,13-15H,9-12,16H2,1H3,(H,27,32,34)/b21-14-. The molecule has 9 heteroatoms. The van der Waals surface area contributed by atoms with E-state index >= 15 is 0 Å². The normalized spacial score (nSPS) is 17.9. The minimum absolute atomic E-state index is 0.0315. The molecule has 2 aromatic carbocycles. The minimum Gasteiger partial charge on any atom is -0.378 e. The van der Waals surface area contributed by atoms with Gasteiger partial charge in [0, 0.05) is 35.8 Å². The van der Waals surface area contributed by atoms with Gasteiger partial charge in [0.2, 0.25) is 5.91 Å². The number of para-hydroxylation sites is 1. The maximum Gasteiger partial charge on any atom is 0.335 e. The largest absolute Gasteiger partial charge is 0.378 e. The van der Waals surface area contributed by atoms with Gasteiger partial charge >= 0.3 is 6.03 Å². The molecule has 0 radical (unpaired) electrons. The molecule has 3 heterocycles. The van der Waals surface area contributed by atoms with Crippen LogP contribution in [0, 0.1) is 6.92 Å². The van der Waals surface area contributed by atoms with E-state index in [1.54, 1.807) is 29.3 Å². The number of anilines is 1. The van der Waals surface area contributed by atoms with Crippen LogP contribution in [0.5, 0.6) is 0 Å². The third kappa shape index (κ3) is 4.33. The third-order valence-electron chi connectivity index (χ3n) is 6.15. The third-order valence-corrected chi connectivity index (χ3v) is 6.15. The number of aromatic nitrogens is 1. The molecule has 0 atom stereocenters. The van der Waals surface area contributed by atoms with Crippen molar-refractivity contribution < 1.29 is 23.9 Å². The summed E-state index contributed by atoms with van der Waals surface area (Å²) in [5.74, 6) is -1.49. The lowest BCUT2D eigenvalue weighted by molar-refractivity contribution is -0.135. The Kier molecular flexibility index (Phi) is 5.92. The molecule has 1 N–H and O–H groups in total. The number of nitrogens with zero attached hydrogens (tertiary/aromatic N) is 3. The second-order valence-electron chi connectivity index (χ2n) is 8.52. The first-order valence-corrected chi connectivity index (χ1v) is 11.3. The van der Waals surface area contributed by atoms with Gasteiger partial charge in [-0.15, -0.1) is 0 Å². The van der Waals surface area contributed by atoms with Crippen LogP contribution in [0.15, 0.2) is 60.3 Å². The summed E-state index contributed by atoms with van der Waals surface area (Å²) in [5.41, 5.74) is 2.50. The van der Waals surface area contributed by atoms with Gasteiger partial charge < -0.3 is 14.2 Å². The second-order valence-corrected chi connectivity index (χ2v) is 8.52. The van der Waals surface area contributed by atoms with E-state index in [1.807, 2.05) is 41.8 Å². The molecule has 0 bridgehead atoms. The zero-order valence-corrected chi connectivity index (χ0v) is 19.2. The molecular formula is C26H24N4O5. The van der Waals surface area contributed by atoms with Gasteiger partial charge in [0.1, 0.15) is 12.1 Å². The quantitative estimate of drug-likeness (QED) is 0.465. The summed E-state index contributed by atoms with van der Waals surface area (Å²) >= 11 is 0. The fourth-order valence-corrected chi connectivity index (χ4v) is 4.39. The number of fused-ring (bicyclic) bond motifs is 1. The van der Waals surface area contributed by atoms with Crippen LogP contribution < -0.4 is 10.2 Å². The molecule has 35 heavy (non-hydrogen) atoms. The Morgan fingerprint density at radius 2 is 1.83 bits per heavy atom. The SMILES string of the molecule is Cc1cccc(N2C(=O)NC(=O)/C(=C/c3cn(CC(=O)N4CCOCC4)c4ccccc34)C2=O)c1. The number of rotatable bonds is 4. The Bertz CT molecular complexity index is 1380. The van der Waals surface area contributed by atoms with Crippen LogP contribution in [-0.4, -0.2) is 59.5 Å². The molecule has 5 amide bonds. The average molecular weight is 473 g/mol. The van der Waals surface area contributed by atoms with E-state index in [2.05, 4.69) is 5.32 Å². The van der Waals surface area contributed by atoms with Crippen LogP contribution in [0.25, 0.3) is 17.0 Å². The maximum atomic E-state index is 13.3. The number of carbonyl (C=O) groups excluding carboxylic acids is 4. The number of morpholine rings is 1. The summed E-state index contributed by atoms with van der Waals surface area (Å²) < 4.78 is 7.14. The minimum atomic E-state index is -0.790. The maximum absolute atomic E-state index is 13.3. The van der Waals surface area contributed by atoms with Gasteiger partial charge in [-0.1, -0.05) is 30.3 Å². The van der Waals surface area contributed by atoms with Crippen molar-refractivity contribution in [1.29, 1.82) is 0 Å². The lowest BCUT2D eigenvalue weighted by atomic mass is 10.1. The first-order valence-electron chi connectivity index (χ1n) is 11.3. The van der Waals surface area contributed by atoms with Crippen molar-refractivity contribution in [2.24, 2.45) is 0 Å². The van der Waals surface area contributed by atoms with Crippen molar-refractivity contribution in [2.75, 3.05) is 31.2 Å². The number of benzene rings is 2. The summed E-state index contributed by atoms with van der Waals surface area (Å²) in [7, 11) is 0. The van der Waals surface area contributed by atoms with Crippen molar-refractivity contribution in [3.63, 3.8) is 0 Å². The molecular weight excluding hydrogens is 448 g/mol. The number of hydrogen-bond acceptors (Lipinski definition) is 5. The lowest BCUT2D eigenvalue weighted by Gasteiger charge is -2.27. The fraction of sp³-hybridized carbons (Fsp3) is 0.231. The summed E-state index contributed by atoms with van der Waals surface area (Å²) in [4.78, 5) is 54.0. The molecule has 5 rings (SSSR count). The molecule has 0 saturated carbocycles. The highest BCUT2D eigenvalue weighted by molar-refractivity contribution is 6.39. The van der Waals surface area contributed by atoms with Gasteiger partial charge in [0.15, 0.2) is 0 Å². The number of aryl methyl sites for hydroxylation is 1. The predicted octanol–water partition coefficient (Wildman–Crippen LogP) is 2.47. The molecule has 3 aromatic rings. The number of barbiturate groups is 1. The smallest absolute Gasteiger partial charge is 0.335 e. The van der Waals surface area contributed by atoms with Gasteiger partial charge in [-0.2, -0.15) is 0 Å². The highest BCUT2D eigenvalue weighted by atomic mass is 16.5. The number of nitrogens with one attached hydrogen (secondary N) is 1. The molecule has 2 saturated heterocycles. The van der Waals surface area contributed by atoms with Crippen molar-refractivity contribution in [2.45, 2.75) is 13.5 Å². The van der Waals surface area contributed by atoms with Crippen LogP contribution in [0.2, 0.25) is 0 Å². The number of hydrogen-bond donors (Lipinski definition) is 1. The fourth-order valence-electron chi connectivity index (χ4n) is 4.39. The van der Waals surface area contributed by atoms with Crippen LogP contribution in [0.4, 0.5) is 10.5 Å². The summed E-state index contributed by atoms with van der Waals surface area (Å²) in [6, 6.07) is 13.6. The van der Waals surface area contributed by atoms with E-state index in [0.717, 1.165) is 21.4 Å². The molecule has 2 aliphatic rings. The Hall–Kier alpha value is -4.24. The molecule has 2 fully saturated rings. The molecule has 0 aliphatic carbocycles. The number of ether oxygens (including phenoxy) is 1. The second kappa shape index (κ2) is 9.19. The van der Waals surface area contributed by atoms with Crippen LogP contribution in [0.1, 0.15) is 11.1 Å². The topological polar surface area (TPSA) is 101 Å². The number of urea groups is 1.